The molecular weight excluding hydrogens is 256 g/mol. The van der Waals surface area contributed by atoms with Crippen LogP contribution in [0.1, 0.15) is 26.3 Å². The van der Waals surface area contributed by atoms with Crippen LogP contribution in [0.15, 0.2) is 30.3 Å². The summed E-state index contributed by atoms with van der Waals surface area (Å²) in [7, 11) is 0. The monoisotopic (exact) mass is 276 g/mol. The molecule has 0 aliphatic rings. The molecule has 0 unspecified atom stereocenters. The van der Waals surface area contributed by atoms with Crippen LogP contribution in [0.2, 0.25) is 0 Å². The SMILES string of the molecule is CC(C)(C)N(CC(=O)O)C(=O)/C=C/c1cccc(N)c1. The predicted octanol–water partition coefficient (Wildman–Crippen LogP) is 1.99. The molecule has 0 saturated heterocycles. The molecule has 0 fully saturated rings. The number of nitrogens with zero attached hydrogens (tertiary/aromatic N) is 1. The molecule has 20 heavy (non-hydrogen) atoms. The van der Waals surface area contributed by atoms with E-state index in [4.69, 9.17) is 10.8 Å². The maximum atomic E-state index is 12.1. The molecule has 0 aliphatic heterocycles. The largest absolute Gasteiger partial charge is 0.480 e. The summed E-state index contributed by atoms with van der Waals surface area (Å²) in [6.45, 7) is 5.05. The molecule has 0 aromatic heterocycles. The number of nitrogens with two attached hydrogens (primary N) is 1. The van der Waals surface area contributed by atoms with Crippen LogP contribution in [-0.2, 0) is 9.59 Å². The highest BCUT2D eigenvalue weighted by Gasteiger charge is 2.26. The van der Waals surface area contributed by atoms with Gasteiger partial charge < -0.3 is 15.7 Å². The lowest BCUT2D eigenvalue weighted by molar-refractivity contribution is -0.145. The second-order valence-electron chi connectivity index (χ2n) is 5.49. The Labute approximate surface area is 118 Å². The van der Waals surface area contributed by atoms with Crippen molar-refractivity contribution in [3.05, 3.63) is 35.9 Å². The van der Waals surface area contributed by atoms with Gasteiger partial charge in [0.05, 0.1) is 0 Å². The summed E-state index contributed by atoms with van der Waals surface area (Å²) in [6.07, 6.45) is 2.99. The number of hydrogen-bond acceptors (Lipinski definition) is 3. The number of rotatable bonds is 4. The first-order valence-corrected chi connectivity index (χ1v) is 6.27. The molecule has 0 saturated carbocycles. The van der Waals surface area contributed by atoms with Crippen molar-refractivity contribution in [2.45, 2.75) is 26.3 Å². The molecule has 3 N–H and O–H groups in total. The van der Waals surface area contributed by atoms with Gasteiger partial charge in [0.2, 0.25) is 5.91 Å². The maximum absolute atomic E-state index is 12.1. The van der Waals surface area contributed by atoms with Crippen molar-refractivity contribution >= 4 is 23.6 Å². The van der Waals surface area contributed by atoms with E-state index in [1.165, 1.54) is 11.0 Å². The molecule has 0 heterocycles. The van der Waals surface area contributed by atoms with Gasteiger partial charge in [-0.05, 0) is 44.5 Å². The first-order valence-electron chi connectivity index (χ1n) is 6.27. The van der Waals surface area contributed by atoms with Crippen LogP contribution in [0.4, 0.5) is 5.69 Å². The highest BCUT2D eigenvalue weighted by Crippen LogP contribution is 2.15. The molecule has 1 aromatic carbocycles. The molecule has 0 aliphatic carbocycles. The van der Waals surface area contributed by atoms with Crippen LogP contribution in [0.3, 0.4) is 0 Å². The third kappa shape index (κ3) is 4.76. The average Bonchev–Trinajstić information content (AvgIpc) is 2.31. The minimum Gasteiger partial charge on any atom is -0.480 e. The third-order valence-electron chi connectivity index (χ3n) is 2.70. The van der Waals surface area contributed by atoms with Crippen molar-refractivity contribution in [2.75, 3.05) is 12.3 Å². The number of carbonyl (C=O) groups is 2. The van der Waals surface area contributed by atoms with E-state index in [0.717, 1.165) is 5.56 Å². The van der Waals surface area contributed by atoms with Crippen LogP contribution in [0, 0.1) is 0 Å². The zero-order chi connectivity index (χ0) is 15.3. The lowest BCUT2D eigenvalue weighted by Crippen LogP contribution is -2.47. The lowest BCUT2D eigenvalue weighted by Gasteiger charge is -2.33. The van der Waals surface area contributed by atoms with E-state index in [1.807, 2.05) is 6.07 Å². The molecule has 1 rings (SSSR count). The number of anilines is 1. The van der Waals surface area contributed by atoms with Gasteiger partial charge in [-0.3, -0.25) is 9.59 Å². The van der Waals surface area contributed by atoms with Gasteiger partial charge in [0, 0.05) is 17.3 Å². The van der Waals surface area contributed by atoms with E-state index in [0.29, 0.717) is 5.69 Å². The molecule has 108 valence electrons. The minimum absolute atomic E-state index is 0.330. The Hall–Kier alpha value is -2.30. The number of carboxylic acid groups (broad SMARTS) is 1. The Kier molecular flexibility index (Phi) is 4.91. The van der Waals surface area contributed by atoms with Gasteiger partial charge in [0.25, 0.3) is 0 Å². The highest BCUT2D eigenvalue weighted by molar-refractivity contribution is 5.94. The molecule has 5 nitrogen and oxygen atoms in total. The zero-order valence-corrected chi connectivity index (χ0v) is 12.0. The van der Waals surface area contributed by atoms with Crippen molar-refractivity contribution < 1.29 is 14.7 Å². The van der Waals surface area contributed by atoms with E-state index < -0.39 is 11.5 Å². The average molecular weight is 276 g/mol. The topological polar surface area (TPSA) is 83.6 Å². The van der Waals surface area contributed by atoms with Gasteiger partial charge in [0.15, 0.2) is 0 Å². The molecular formula is C15H20N2O3. The van der Waals surface area contributed by atoms with Crippen LogP contribution < -0.4 is 5.73 Å². The smallest absolute Gasteiger partial charge is 0.323 e. The van der Waals surface area contributed by atoms with Crippen molar-refractivity contribution in [1.82, 2.24) is 4.90 Å². The van der Waals surface area contributed by atoms with E-state index >= 15 is 0 Å². The quantitative estimate of drug-likeness (QED) is 0.650. The van der Waals surface area contributed by atoms with Crippen LogP contribution in [-0.4, -0.2) is 34.0 Å². The number of nitrogen functional groups attached to an aromatic ring is 1. The summed E-state index contributed by atoms with van der Waals surface area (Å²) in [5.74, 6) is -1.38. The molecule has 0 bridgehead atoms. The Bertz CT molecular complexity index is 530. The first-order chi connectivity index (χ1) is 9.20. The number of benzene rings is 1. The second-order valence-corrected chi connectivity index (χ2v) is 5.49. The van der Waals surface area contributed by atoms with E-state index in [1.54, 1.807) is 45.0 Å². The van der Waals surface area contributed by atoms with Crippen molar-refractivity contribution in [1.29, 1.82) is 0 Å². The van der Waals surface area contributed by atoms with Crippen LogP contribution >= 0.6 is 0 Å². The Morgan fingerprint density at radius 2 is 2.00 bits per heavy atom. The molecule has 0 radical (unpaired) electrons. The van der Waals surface area contributed by atoms with Gasteiger partial charge in [-0.25, -0.2) is 0 Å². The fraction of sp³-hybridized carbons (Fsp3) is 0.333. The van der Waals surface area contributed by atoms with Gasteiger partial charge in [-0.15, -0.1) is 0 Å². The fourth-order valence-corrected chi connectivity index (χ4v) is 1.70. The normalized spacial score (nSPS) is 11.6. The third-order valence-corrected chi connectivity index (χ3v) is 2.70. The summed E-state index contributed by atoms with van der Waals surface area (Å²) in [6, 6.07) is 7.10. The number of hydrogen-bond donors (Lipinski definition) is 2. The summed E-state index contributed by atoms with van der Waals surface area (Å²) in [5, 5.41) is 8.88. The second kappa shape index (κ2) is 6.23. The van der Waals surface area contributed by atoms with E-state index in [9.17, 15) is 9.59 Å². The summed E-state index contributed by atoms with van der Waals surface area (Å²) >= 11 is 0. The number of aliphatic carboxylic acids is 1. The molecule has 0 atom stereocenters. The fourth-order valence-electron chi connectivity index (χ4n) is 1.70. The van der Waals surface area contributed by atoms with Crippen molar-refractivity contribution in [3.8, 4) is 0 Å². The Morgan fingerprint density at radius 3 is 2.50 bits per heavy atom. The number of carbonyl (C=O) groups excluding carboxylic acids is 1. The van der Waals surface area contributed by atoms with Crippen molar-refractivity contribution in [3.63, 3.8) is 0 Å². The predicted molar refractivity (Wildman–Crippen MR) is 79.0 cm³/mol. The summed E-state index contributed by atoms with van der Waals surface area (Å²) in [5.41, 5.74) is 6.50. The number of amides is 1. The minimum atomic E-state index is -1.04. The first kappa shape index (κ1) is 15.8. The van der Waals surface area contributed by atoms with Crippen molar-refractivity contribution in [2.24, 2.45) is 0 Å². The Balaban J connectivity index is 2.88. The van der Waals surface area contributed by atoms with Gasteiger partial charge in [-0.1, -0.05) is 12.1 Å². The molecule has 1 aromatic rings. The van der Waals surface area contributed by atoms with Gasteiger partial charge in [-0.2, -0.15) is 0 Å². The number of carboxylic acids is 1. The highest BCUT2D eigenvalue weighted by atomic mass is 16.4. The maximum Gasteiger partial charge on any atom is 0.323 e. The van der Waals surface area contributed by atoms with E-state index in [-0.39, 0.29) is 12.5 Å². The lowest BCUT2D eigenvalue weighted by atomic mass is 10.1. The van der Waals surface area contributed by atoms with Crippen LogP contribution in [0.25, 0.3) is 6.08 Å². The molecule has 1 amide bonds. The van der Waals surface area contributed by atoms with Crippen LogP contribution in [0.5, 0.6) is 0 Å². The summed E-state index contributed by atoms with van der Waals surface area (Å²) < 4.78 is 0. The Morgan fingerprint density at radius 1 is 1.35 bits per heavy atom. The zero-order valence-electron chi connectivity index (χ0n) is 12.0. The standard InChI is InChI=1S/C15H20N2O3/c1-15(2,3)17(10-14(19)20)13(18)8-7-11-5-4-6-12(16)9-11/h4-9H,10,16H2,1-3H3,(H,19,20)/b8-7+. The molecule has 5 heteroatoms. The molecule has 0 spiro atoms. The van der Waals surface area contributed by atoms with Gasteiger partial charge in [0.1, 0.15) is 6.54 Å². The van der Waals surface area contributed by atoms with E-state index in [2.05, 4.69) is 0 Å². The summed E-state index contributed by atoms with van der Waals surface area (Å²) in [4.78, 5) is 24.3. The van der Waals surface area contributed by atoms with Gasteiger partial charge >= 0.3 is 5.97 Å².